The first-order valence-electron chi connectivity index (χ1n) is 4.81. The van der Waals surface area contributed by atoms with E-state index in [2.05, 4.69) is 20.8 Å². The van der Waals surface area contributed by atoms with Crippen molar-refractivity contribution in [3.05, 3.63) is 0 Å². The van der Waals surface area contributed by atoms with Crippen molar-refractivity contribution in [2.24, 2.45) is 0 Å². The zero-order chi connectivity index (χ0) is 9.45. The van der Waals surface area contributed by atoms with Crippen molar-refractivity contribution in [1.29, 1.82) is 0 Å². The number of thioether (sulfide) groups is 1. The van der Waals surface area contributed by atoms with E-state index in [1.165, 1.54) is 25.0 Å². The zero-order valence-electron chi connectivity index (χ0n) is 8.60. The lowest BCUT2D eigenvalue weighted by molar-refractivity contribution is 0.283. The molecule has 1 N–H and O–H groups in total. The summed E-state index contributed by atoms with van der Waals surface area (Å²) in [6.07, 6.45) is 4.72. The van der Waals surface area contributed by atoms with E-state index in [1.807, 2.05) is 11.8 Å². The highest BCUT2D eigenvalue weighted by molar-refractivity contribution is 8.00. The third-order valence-corrected chi connectivity index (χ3v) is 2.95. The number of aliphatic hydroxyl groups excluding tert-OH is 1. The minimum atomic E-state index is 0.354. The van der Waals surface area contributed by atoms with Crippen molar-refractivity contribution >= 4 is 11.8 Å². The molecule has 0 rings (SSSR count). The molecule has 0 aromatic heterocycles. The van der Waals surface area contributed by atoms with Gasteiger partial charge in [0.15, 0.2) is 0 Å². The van der Waals surface area contributed by atoms with Crippen molar-refractivity contribution in [2.75, 3.05) is 12.4 Å². The maximum absolute atomic E-state index is 8.55. The van der Waals surface area contributed by atoms with Crippen LogP contribution in [0.5, 0.6) is 0 Å². The van der Waals surface area contributed by atoms with E-state index in [-0.39, 0.29) is 0 Å². The number of unbranched alkanes of at least 4 members (excludes halogenated alkanes) is 3. The number of hydrogen-bond donors (Lipinski definition) is 1. The highest BCUT2D eigenvalue weighted by atomic mass is 32.2. The predicted molar refractivity (Wildman–Crippen MR) is 57.8 cm³/mol. The molecular weight excluding hydrogens is 168 g/mol. The summed E-state index contributed by atoms with van der Waals surface area (Å²) in [7, 11) is 0. The maximum Gasteiger partial charge on any atom is 0.0431 e. The molecule has 0 bridgehead atoms. The van der Waals surface area contributed by atoms with E-state index in [9.17, 15) is 0 Å². The molecule has 0 aliphatic rings. The van der Waals surface area contributed by atoms with Crippen LogP contribution in [0.3, 0.4) is 0 Å². The Bertz CT molecular complexity index is 96.5. The third-order valence-electron chi connectivity index (χ3n) is 1.59. The van der Waals surface area contributed by atoms with Gasteiger partial charge in [-0.15, -0.1) is 0 Å². The highest BCUT2D eigenvalue weighted by Crippen LogP contribution is 2.24. The Morgan fingerprint density at radius 1 is 1.00 bits per heavy atom. The first-order chi connectivity index (χ1) is 5.56. The van der Waals surface area contributed by atoms with Gasteiger partial charge in [-0.25, -0.2) is 0 Å². The molecule has 0 saturated carbocycles. The Morgan fingerprint density at radius 3 is 2.08 bits per heavy atom. The first kappa shape index (κ1) is 12.3. The molecule has 0 radical (unpaired) electrons. The van der Waals surface area contributed by atoms with Crippen LogP contribution in [-0.2, 0) is 0 Å². The fourth-order valence-electron chi connectivity index (χ4n) is 0.946. The molecule has 0 atom stereocenters. The molecule has 0 aliphatic heterocycles. The van der Waals surface area contributed by atoms with Gasteiger partial charge in [0.2, 0.25) is 0 Å². The monoisotopic (exact) mass is 190 g/mol. The lowest BCUT2D eigenvalue weighted by atomic mass is 10.2. The van der Waals surface area contributed by atoms with Gasteiger partial charge in [0.05, 0.1) is 0 Å². The van der Waals surface area contributed by atoms with Crippen molar-refractivity contribution in [1.82, 2.24) is 0 Å². The largest absolute Gasteiger partial charge is 0.396 e. The molecule has 74 valence electrons. The van der Waals surface area contributed by atoms with Crippen LogP contribution in [0, 0.1) is 0 Å². The summed E-state index contributed by atoms with van der Waals surface area (Å²) in [5.41, 5.74) is 0. The molecule has 2 heteroatoms. The summed E-state index contributed by atoms with van der Waals surface area (Å²) in [4.78, 5) is 0. The van der Waals surface area contributed by atoms with Gasteiger partial charge in [-0.2, -0.15) is 11.8 Å². The van der Waals surface area contributed by atoms with Crippen LogP contribution in [0.1, 0.15) is 46.5 Å². The third kappa shape index (κ3) is 10.3. The smallest absolute Gasteiger partial charge is 0.0431 e. The number of aliphatic hydroxyl groups is 1. The summed E-state index contributed by atoms with van der Waals surface area (Å²) in [6.45, 7) is 7.12. The fourth-order valence-corrected chi connectivity index (χ4v) is 1.91. The second kappa shape index (κ2) is 6.79. The molecule has 0 aromatic rings. The summed E-state index contributed by atoms with van der Waals surface area (Å²) in [6, 6.07) is 0. The van der Waals surface area contributed by atoms with Crippen molar-refractivity contribution in [3.63, 3.8) is 0 Å². The summed E-state index contributed by atoms with van der Waals surface area (Å²) >= 11 is 2.03. The van der Waals surface area contributed by atoms with Crippen LogP contribution in [0.2, 0.25) is 0 Å². The van der Waals surface area contributed by atoms with E-state index < -0.39 is 0 Å². The lowest BCUT2D eigenvalue weighted by Gasteiger charge is -2.16. The van der Waals surface area contributed by atoms with Crippen LogP contribution in [0.25, 0.3) is 0 Å². The lowest BCUT2D eigenvalue weighted by Crippen LogP contribution is -2.08. The topological polar surface area (TPSA) is 20.2 Å². The van der Waals surface area contributed by atoms with E-state index in [1.54, 1.807) is 0 Å². The van der Waals surface area contributed by atoms with Gasteiger partial charge in [-0.05, 0) is 18.6 Å². The molecule has 0 aromatic carbocycles. The summed E-state index contributed by atoms with van der Waals surface area (Å²) in [5.74, 6) is 1.26. The van der Waals surface area contributed by atoms with E-state index in [0.717, 1.165) is 6.42 Å². The Balaban J connectivity index is 3.01. The molecule has 0 saturated heterocycles. The predicted octanol–water partition coefficient (Wildman–Crippen LogP) is 3.07. The van der Waals surface area contributed by atoms with Gasteiger partial charge < -0.3 is 5.11 Å². The van der Waals surface area contributed by atoms with E-state index in [0.29, 0.717) is 11.4 Å². The van der Waals surface area contributed by atoms with Gasteiger partial charge >= 0.3 is 0 Å². The molecule has 1 nitrogen and oxygen atoms in total. The molecule has 0 heterocycles. The van der Waals surface area contributed by atoms with Crippen LogP contribution >= 0.6 is 11.8 Å². The van der Waals surface area contributed by atoms with Crippen LogP contribution in [0.15, 0.2) is 0 Å². The van der Waals surface area contributed by atoms with Gasteiger partial charge in [0.25, 0.3) is 0 Å². The normalized spacial score (nSPS) is 12.0. The maximum atomic E-state index is 8.55. The summed E-state index contributed by atoms with van der Waals surface area (Å²) in [5, 5.41) is 8.55. The van der Waals surface area contributed by atoms with Crippen LogP contribution in [-0.4, -0.2) is 22.2 Å². The molecule has 12 heavy (non-hydrogen) atoms. The molecule has 0 fully saturated rings. The average molecular weight is 190 g/mol. The van der Waals surface area contributed by atoms with Crippen LogP contribution < -0.4 is 0 Å². The van der Waals surface area contributed by atoms with Gasteiger partial charge in [-0.3, -0.25) is 0 Å². The standard InChI is InChI=1S/C10H22OS/c1-10(2,3)12-9-7-5-4-6-8-11/h11H,4-9H2,1-3H3. The van der Waals surface area contributed by atoms with Gasteiger partial charge in [0.1, 0.15) is 0 Å². The zero-order valence-corrected chi connectivity index (χ0v) is 9.41. The summed E-state index contributed by atoms with van der Waals surface area (Å²) < 4.78 is 0.414. The molecule has 0 unspecified atom stereocenters. The molecule has 0 spiro atoms. The number of rotatable bonds is 6. The fraction of sp³-hybridized carbons (Fsp3) is 1.00. The SMILES string of the molecule is CC(C)(C)SCCCCCCO. The van der Waals surface area contributed by atoms with Crippen LogP contribution in [0.4, 0.5) is 0 Å². The average Bonchev–Trinajstić information content (AvgIpc) is 1.94. The second-order valence-corrected chi connectivity index (χ2v) is 6.02. The van der Waals surface area contributed by atoms with Crippen molar-refractivity contribution < 1.29 is 5.11 Å². The van der Waals surface area contributed by atoms with Crippen molar-refractivity contribution in [3.8, 4) is 0 Å². The Labute approximate surface area is 80.9 Å². The van der Waals surface area contributed by atoms with E-state index >= 15 is 0 Å². The Kier molecular flexibility index (Phi) is 6.96. The molecular formula is C10H22OS. The first-order valence-corrected chi connectivity index (χ1v) is 5.79. The van der Waals surface area contributed by atoms with E-state index in [4.69, 9.17) is 5.11 Å². The minimum absolute atomic E-state index is 0.354. The van der Waals surface area contributed by atoms with Crippen molar-refractivity contribution in [2.45, 2.75) is 51.2 Å². The Hall–Kier alpha value is 0.310. The molecule has 0 aliphatic carbocycles. The quantitative estimate of drug-likeness (QED) is 0.650. The second-order valence-electron chi connectivity index (χ2n) is 4.10. The van der Waals surface area contributed by atoms with Gasteiger partial charge in [0, 0.05) is 11.4 Å². The minimum Gasteiger partial charge on any atom is -0.396 e. The van der Waals surface area contributed by atoms with Gasteiger partial charge in [-0.1, -0.05) is 33.6 Å². The highest BCUT2D eigenvalue weighted by Gasteiger charge is 2.08. The Morgan fingerprint density at radius 2 is 1.58 bits per heavy atom. The molecule has 0 amide bonds. The number of hydrogen-bond acceptors (Lipinski definition) is 2.